The molecule has 0 spiro atoms. The Kier molecular flexibility index (Phi) is 3.71. The molecule has 0 atom stereocenters. The summed E-state index contributed by atoms with van der Waals surface area (Å²) in [4.78, 5) is 21.2. The van der Waals surface area contributed by atoms with Gasteiger partial charge in [0.05, 0.1) is 23.9 Å². The Bertz CT molecular complexity index is 670. The highest BCUT2D eigenvalue weighted by Gasteiger charge is 2.14. The number of benzene rings is 1. The lowest BCUT2D eigenvalue weighted by Gasteiger charge is -2.04. The number of nitrogens with two attached hydrogens (primary N) is 1. The quantitative estimate of drug-likeness (QED) is 0.367. The van der Waals surface area contributed by atoms with Crippen LogP contribution >= 0.6 is 0 Å². The molecule has 0 radical (unpaired) electrons. The molecule has 2 aromatic rings. The minimum absolute atomic E-state index is 0.0363. The highest BCUT2D eigenvalue weighted by Crippen LogP contribution is 2.13. The Balaban J connectivity index is 2.27. The van der Waals surface area contributed by atoms with E-state index in [9.17, 15) is 19.3 Å². The predicted octanol–water partition coefficient (Wildman–Crippen LogP) is 0.582. The van der Waals surface area contributed by atoms with Gasteiger partial charge in [0.15, 0.2) is 0 Å². The fourth-order valence-corrected chi connectivity index (χ4v) is 1.63. The monoisotopic (exact) mass is 279 g/mol. The van der Waals surface area contributed by atoms with Gasteiger partial charge in [-0.25, -0.2) is 10.2 Å². The van der Waals surface area contributed by atoms with Gasteiger partial charge in [-0.3, -0.25) is 10.2 Å². The molecule has 104 valence electrons. The summed E-state index contributed by atoms with van der Waals surface area (Å²) in [6.45, 7) is -0.0363. The van der Waals surface area contributed by atoms with Crippen LogP contribution in [0.4, 0.5) is 10.2 Å². The Morgan fingerprint density at radius 2 is 2.25 bits per heavy atom. The van der Waals surface area contributed by atoms with Crippen molar-refractivity contribution in [2.24, 2.45) is 5.84 Å². The van der Waals surface area contributed by atoms with Crippen LogP contribution in [0.25, 0.3) is 0 Å². The maximum atomic E-state index is 13.7. The molecule has 0 aliphatic rings. The molecule has 20 heavy (non-hydrogen) atoms. The highest BCUT2D eigenvalue weighted by molar-refractivity contribution is 5.93. The van der Waals surface area contributed by atoms with Crippen LogP contribution in [0.5, 0.6) is 0 Å². The van der Waals surface area contributed by atoms with Gasteiger partial charge in [0.25, 0.3) is 5.91 Å². The summed E-state index contributed by atoms with van der Waals surface area (Å²) in [6, 6.07) is 4.92. The molecule has 1 aromatic carbocycles. The van der Waals surface area contributed by atoms with Gasteiger partial charge in [0.2, 0.25) is 0 Å². The van der Waals surface area contributed by atoms with Gasteiger partial charge in [-0.15, -0.1) is 0 Å². The Morgan fingerprint density at radius 1 is 1.50 bits per heavy atom. The first-order valence-corrected chi connectivity index (χ1v) is 5.48. The second-order valence-corrected chi connectivity index (χ2v) is 3.91. The standard InChI is InChI=1S/C11H10FN5O3/c12-9-2-1-7(11(18)14-13)5-8(9)6-16-4-3-10(15-16)17(19)20/h1-5H,6,13H2,(H,14,18). The van der Waals surface area contributed by atoms with Gasteiger partial charge >= 0.3 is 5.82 Å². The molecule has 0 aliphatic heterocycles. The summed E-state index contributed by atoms with van der Waals surface area (Å²) in [7, 11) is 0. The zero-order valence-corrected chi connectivity index (χ0v) is 10.1. The third kappa shape index (κ3) is 2.78. The summed E-state index contributed by atoms with van der Waals surface area (Å²) in [5.41, 5.74) is 2.29. The second-order valence-electron chi connectivity index (χ2n) is 3.91. The fraction of sp³-hybridized carbons (Fsp3) is 0.0909. The number of carbonyl (C=O) groups excluding carboxylic acids is 1. The van der Waals surface area contributed by atoms with Crippen LogP contribution in [-0.4, -0.2) is 20.6 Å². The number of nitrogens with one attached hydrogen (secondary N) is 1. The van der Waals surface area contributed by atoms with Crippen molar-refractivity contribution in [3.63, 3.8) is 0 Å². The largest absolute Gasteiger partial charge is 0.389 e. The smallest absolute Gasteiger partial charge is 0.358 e. The van der Waals surface area contributed by atoms with Crippen molar-refractivity contribution in [1.82, 2.24) is 15.2 Å². The molecule has 0 bridgehead atoms. The van der Waals surface area contributed by atoms with Gasteiger partial charge in [-0.1, -0.05) is 0 Å². The average molecular weight is 279 g/mol. The molecular weight excluding hydrogens is 269 g/mol. The molecule has 0 saturated carbocycles. The number of rotatable bonds is 4. The lowest BCUT2D eigenvalue weighted by atomic mass is 10.1. The van der Waals surface area contributed by atoms with Crippen LogP contribution in [0.2, 0.25) is 0 Å². The Labute approximate surface area is 112 Å². The number of hydrogen-bond acceptors (Lipinski definition) is 5. The van der Waals surface area contributed by atoms with Crippen molar-refractivity contribution in [1.29, 1.82) is 0 Å². The van der Waals surface area contributed by atoms with Crippen molar-refractivity contribution in [2.45, 2.75) is 6.54 Å². The van der Waals surface area contributed by atoms with Crippen LogP contribution in [0.15, 0.2) is 30.5 Å². The zero-order chi connectivity index (χ0) is 14.7. The highest BCUT2D eigenvalue weighted by atomic mass is 19.1. The molecule has 9 heteroatoms. The molecule has 1 heterocycles. The van der Waals surface area contributed by atoms with E-state index in [1.165, 1.54) is 29.1 Å². The van der Waals surface area contributed by atoms with Gasteiger partial charge in [0, 0.05) is 11.1 Å². The van der Waals surface area contributed by atoms with E-state index in [1.54, 1.807) is 0 Å². The van der Waals surface area contributed by atoms with E-state index in [0.29, 0.717) is 0 Å². The normalized spacial score (nSPS) is 10.3. The molecule has 0 unspecified atom stereocenters. The second kappa shape index (κ2) is 5.45. The van der Waals surface area contributed by atoms with Gasteiger partial charge in [0.1, 0.15) is 5.82 Å². The number of halogens is 1. The maximum Gasteiger partial charge on any atom is 0.389 e. The number of hydrazine groups is 1. The van der Waals surface area contributed by atoms with Crippen molar-refractivity contribution in [3.05, 3.63) is 57.5 Å². The average Bonchev–Trinajstić information content (AvgIpc) is 2.89. The van der Waals surface area contributed by atoms with E-state index in [4.69, 9.17) is 5.84 Å². The molecule has 0 fully saturated rings. The number of nitro groups is 1. The van der Waals surface area contributed by atoms with E-state index in [1.807, 2.05) is 5.43 Å². The Hall–Kier alpha value is -2.81. The lowest BCUT2D eigenvalue weighted by Crippen LogP contribution is -2.30. The number of carbonyl (C=O) groups is 1. The van der Waals surface area contributed by atoms with E-state index in [2.05, 4.69) is 5.10 Å². The number of amides is 1. The van der Waals surface area contributed by atoms with E-state index in [0.717, 1.165) is 6.07 Å². The predicted molar refractivity (Wildman–Crippen MR) is 66.0 cm³/mol. The van der Waals surface area contributed by atoms with Gasteiger partial charge < -0.3 is 10.1 Å². The molecule has 3 N–H and O–H groups in total. The van der Waals surface area contributed by atoms with Crippen molar-refractivity contribution in [2.75, 3.05) is 0 Å². The zero-order valence-electron chi connectivity index (χ0n) is 10.1. The van der Waals surface area contributed by atoms with Gasteiger partial charge in [-0.2, -0.15) is 4.68 Å². The minimum atomic E-state index is -0.648. The molecule has 1 aromatic heterocycles. The van der Waals surface area contributed by atoms with Crippen LogP contribution in [-0.2, 0) is 6.54 Å². The van der Waals surface area contributed by atoms with E-state index < -0.39 is 16.6 Å². The maximum absolute atomic E-state index is 13.7. The van der Waals surface area contributed by atoms with Crippen LogP contribution in [0.3, 0.4) is 0 Å². The summed E-state index contributed by atoms with van der Waals surface area (Å²) >= 11 is 0. The fourth-order valence-electron chi connectivity index (χ4n) is 1.63. The number of nitrogen functional groups attached to an aromatic ring is 1. The third-order valence-electron chi connectivity index (χ3n) is 2.58. The molecule has 0 saturated heterocycles. The van der Waals surface area contributed by atoms with Crippen molar-refractivity contribution < 1.29 is 14.1 Å². The molecule has 2 rings (SSSR count). The first kappa shape index (κ1) is 13.6. The molecular formula is C11H10FN5O3. The first-order chi connectivity index (χ1) is 9.51. The third-order valence-corrected chi connectivity index (χ3v) is 2.58. The first-order valence-electron chi connectivity index (χ1n) is 5.48. The summed E-state index contributed by atoms with van der Waals surface area (Å²) in [6.07, 6.45) is 1.35. The molecule has 1 amide bonds. The lowest BCUT2D eigenvalue weighted by molar-refractivity contribution is -0.389. The molecule has 0 aliphatic carbocycles. The number of aromatic nitrogens is 2. The Morgan fingerprint density at radius 3 is 2.85 bits per heavy atom. The summed E-state index contributed by atoms with van der Waals surface area (Å²) in [5.74, 6) is 3.56. The minimum Gasteiger partial charge on any atom is -0.358 e. The summed E-state index contributed by atoms with van der Waals surface area (Å²) in [5, 5.41) is 14.2. The van der Waals surface area contributed by atoms with Crippen molar-refractivity contribution >= 4 is 11.7 Å². The van der Waals surface area contributed by atoms with E-state index >= 15 is 0 Å². The van der Waals surface area contributed by atoms with Crippen LogP contribution < -0.4 is 11.3 Å². The van der Waals surface area contributed by atoms with Gasteiger partial charge in [-0.05, 0) is 23.1 Å². The molecule has 8 nitrogen and oxygen atoms in total. The van der Waals surface area contributed by atoms with E-state index in [-0.39, 0.29) is 23.5 Å². The number of hydrogen-bond donors (Lipinski definition) is 2. The number of nitrogens with zero attached hydrogens (tertiary/aromatic N) is 3. The van der Waals surface area contributed by atoms with Crippen molar-refractivity contribution in [3.8, 4) is 0 Å². The van der Waals surface area contributed by atoms with Crippen LogP contribution in [0.1, 0.15) is 15.9 Å². The SMILES string of the molecule is NNC(=O)c1ccc(F)c(Cn2ccc([N+](=O)[O-])n2)c1. The topological polar surface area (TPSA) is 116 Å². The summed E-state index contributed by atoms with van der Waals surface area (Å²) < 4.78 is 14.9. The van der Waals surface area contributed by atoms with Crippen LogP contribution in [0, 0.1) is 15.9 Å².